The van der Waals surface area contributed by atoms with E-state index in [0.29, 0.717) is 6.54 Å². The van der Waals surface area contributed by atoms with Gasteiger partial charge in [0.15, 0.2) is 0 Å². The number of rotatable bonds is 4. The van der Waals surface area contributed by atoms with Gasteiger partial charge in [0.25, 0.3) is 0 Å². The summed E-state index contributed by atoms with van der Waals surface area (Å²) in [6.07, 6.45) is 4.14. The summed E-state index contributed by atoms with van der Waals surface area (Å²) in [7, 11) is 0. The molecule has 3 aromatic carbocycles. The van der Waals surface area contributed by atoms with Gasteiger partial charge < -0.3 is 14.8 Å². The Morgan fingerprint density at radius 3 is 2.39 bits per heavy atom. The highest BCUT2D eigenvalue weighted by molar-refractivity contribution is 7.98. The molecule has 6 nitrogen and oxygen atoms in total. The SMILES string of the molecule is CSc1ccc([C@H]2c3cccn3-c3c(c(C)nn3-c3ccccc3)CN2C(=O)Nc2ccccc2C)cc1. The molecule has 0 spiro atoms. The maximum absolute atomic E-state index is 14.1. The molecule has 0 aliphatic carbocycles. The number of aromatic nitrogens is 3. The standard InChI is InChI=1S/C31H29N5OS/c1-21-10-7-8-13-27(21)32-31(37)35-20-26-22(2)33-36(24-11-5-4-6-12-24)30(26)34-19-9-14-28(34)29(35)23-15-17-25(38-3)18-16-23/h4-19,29H,20H2,1-3H3,(H,32,37)/t29-/m0/s1. The average molecular weight is 520 g/mol. The molecule has 0 fully saturated rings. The van der Waals surface area contributed by atoms with Gasteiger partial charge in [-0.2, -0.15) is 5.10 Å². The van der Waals surface area contributed by atoms with Crippen LogP contribution in [0.4, 0.5) is 10.5 Å². The molecule has 1 atom stereocenters. The van der Waals surface area contributed by atoms with Crippen LogP contribution in [0, 0.1) is 13.8 Å². The Hall–Kier alpha value is -4.23. The van der Waals surface area contributed by atoms with Gasteiger partial charge in [-0.1, -0.05) is 48.5 Å². The Kier molecular flexibility index (Phi) is 6.29. The topological polar surface area (TPSA) is 55.1 Å². The van der Waals surface area contributed by atoms with E-state index in [4.69, 9.17) is 5.10 Å². The highest BCUT2D eigenvalue weighted by Crippen LogP contribution is 2.39. The summed E-state index contributed by atoms with van der Waals surface area (Å²) >= 11 is 1.71. The largest absolute Gasteiger partial charge is 0.322 e. The van der Waals surface area contributed by atoms with Crippen LogP contribution < -0.4 is 5.32 Å². The van der Waals surface area contributed by atoms with E-state index < -0.39 is 0 Å². The quantitative estimate of drug-likeness (QED) is 0.257. The van der Waals surface area contributed by atoms with Gasteiger partial charge in [0.05, 0.1) is 29.7 Å². The Labute approximate surface area is 226 Å². The molecule has 6 rings (SSSR count). The molecule has 190 valence electrons. The number of urea groups is 1. The van der Waals surface area contributed by atoms with Crippen molar-refractivity contribution in [2.24, 2.45) is 0 Å². The van der Waals surface area contributed by atoms with E-state index in [9.17, 15) is 4.79 Å². The number of fused-ring (bicyclic) bond motifs is 3. The highest BCUT2D eigenvalue weighted by atomic mass is 32.2. The highest BCUT2D eigenvalue weighted by Gasteiger charge is 2.36. The lowest BCUT2D eigenvalue weighted by Gasteiger charge is -2.31. The number of aryl methyl sites for hydroxylation is 2. The third-order valence-corrected chi connectivity index (χ3v) is 7.91. The Balaban J connectivity index is 1.53. The number of para-hydroxylation sites is 2. The molecule has 5 aromatic rings. The van der Waals surface area contributed by atoms with Gasteiger partial charge in [-0.25, -0.2) is 9.48 Å². The minimum atomic E-state index is -0.291. The summed E-state index contributed by atoms with van der Waals surface area (Å²) in [5, 5.41) is 8.12. The molecule has 0 radical (unpaired) electrons. The van der Waals surface area contributed by atoms with Gasteiger partial charge >= 0.3 is 6.03 Å². The number of nitrogens with one attached hydrogen (secondary N) is 1. The Bertz CT molecular complexity index is 1600. The normalized spacial score (nSPS) is 14.5. The molecule has 2 aromatic heterocycles. The lowest BCUT2D eigenvalue weighted by molar-refractivity contribution is 0.194. The smallest absolute Gasteiger partial charge is 0.308 e. The first kappa shape index (κ1) is 24.1. The van der Waals surface area contributed by atoms with Crippen LogP contribution in [-0.2, 0) is 6.54 Å². The number of amides is 2. The van der Waals surface area contributed by atoms with Crippen LogP contribution in [0.2, 0.25) is 0 Å². The fourth-order valence-corrected chi connectivity index (χ4v) is 5.59. The van der Waals surface area contributed by atoms with Crippen molar-refractivity contribution in [3.05, 3.63) is 125 Å². The van der Waals surface area contributed by atoms with Crippen molar-refractivity contribution in [2.75, 3.05) is 11.6 Å². The average Bonchev–Trinajstić information content (AvgIpc) is 3.51. The molecule has 7 heteroatoms. The zero-order chi connectivity index (χ0) is 26.2. The molecule has 0 saturated heterocycles. The summed E-state index contributed by atoms with van der Waals surface area (Å²) in [6.45, 7) is 4.45. The van der Waals surface area contributed by atoms with Crippen molar-refractivity contribution < 1.29 is 4.79 Å². The van der Waals surface area contributed by atoms with E-state index in [1.54, 1.807) is 11.8 Å². The maximum atomic E-state index is 14.1. The molecular formula is C31H29N5OS. The van der Waals surface area contributed by atoms with Crippen LogP contribution in [0.3, 0.4) is 0 Å². The van der Waals surface area contributed by atoms with Gasteiger partial charge in [0.1, 0.15) is 5.82 Å². The van der Waals surface area contributed by atoms with Crippen molar-refractivity contribution in [1.29, 1.82) is 0 Å². The van der Waals surface area contributed by atoms with Gasteiger partial charge in [0.2, 0.25) is 0 Å². The van der Waals surface area contributed by atoms with E-state index in [-0.39, 0.29) is 12.1 Å². The molecule has 38 heavy (non-hydrogen) atoms. The first-order chi connectivity index (χ1) is 18.5. The third-order valence-electron chi connectivity index (χ3n) is 7.17. The first-order valence-electron chi connectivity index (χ1n) is 12.6. The maximum Gasteiger partial charge on any atom is 0.322 e. The fraction of sp³-hybridized carbons (Fsp3) is 0.161. The number of carbonyl (C=O) groups excluding carboxylic acids is 1. The van der Waals surface area contributed by atoms with Gasteiger partial charge in [-0.05, 0) is 73.7 Å². The summed E-state index contributed by atoms with van der Waals surface area (Å²) in [5.41, 5.74) is 6.81. The number of thioether (sulfide) groups is 1. The first-order valence-corrected chi connectivity index (χ1v) is 13.9. The minimum absolute atomic E-state index is 0.147. The van der Waals surface area contributed by atoms with E-state index in [0.717, 1.165) is 45.3 Å². The van der Waals surface area contributed by atoms with Crippen LogP contribution >= 0.6 is 11.8 Å². The minimum Gasteiger partial charge on any atom is -0.308 e. The number of nitrogens with zero attached hydrogens (tertiary/aromatic N) is 4. The number of benzene rings is 3. The van der Waals surface area contributed by atoms with Crippen molar-refractivity contribution in [2.45, 2.75) is 31.3 Å². The molecule has 0 saturated carbocycles. The molecule has 0 bridgehead atoms. The lowest BCUT2D eigenvalue weighted by atomic mass is 10.0. The van der Waals surface area contributed by atoms with Crippen molar-refractivity contribution >= 4 is 23.5 Å². The predicted molar refractivity (Wildman–Crippen MR) is 153 cm³/mol. The Morgan fingerprint density at radius 2 is 1.66 bits per heavy atom. The van der Waals surface area contributed by atoms with Gasteiger partial charge in [-0.15, -0.1) is 11.8 Å². The second-order valence-corrected chi connectivity index (χ2v) is 10.4. The summed E-state index contributed by atoms with van der Waals surface area (Å²) in [5.74, 6) is 0.964. The van der Waals surface area contributed by atoms with Crippen molar-refractivity contribution in [3.63, 3.8) is 0 Å². The van der Waals surface area contributed by atoms with Crippen molar-refractivity contribution in [3.8, 4) is 11.5 Å². The molecule has 1 N–H and O–H groups in total. The number of carbonyl (C=O) groups is 1. The second-order valence-electron chi connectivity index (χ2n) is 9.49. The summed E-state index contributed by atoms with van der Waals surface area (Å²) < 4.78 is 4.18. The van der Waals surface area contributed by atoms with E-state index in [1.807, 2.05) is 72.0 Å². The molecule has 1 aliphatic rings. The van der Waals surface area contributed by atoms with E-state index in [2.05, 4.69) is 64.8 Å². The summed E-state index contributed by atoms with van der Waals surface area (Å²) in [6, 6.07) is 30.3. The van der Waals surface area contributed by atoms with Crippen molar-refractivity contribution in [1.82, 2.24) is 19.2 Å². The zero-order valence-electron chi connectivity index (χ0n) is 21.6. The van der Waals surface area contributed by atoms with Crippen LogP contribution in [0.25, 0.3) is 11.5 Å². The fourth-order valence-electron chi connectivity index (χ4n) is 5.19. The number of hydrogen-bond acceptors (Lipinski definition) is 3. The molecule has 2 amide bonds. The van der Waals surface area contributed by atoms with Gasteiger partial charge in [-0.3, -0.25) is 0 Å². The van der Waals surface area contributed by atoms with E-state index in [1.165, 1.54) is 4.90 Å². The van der Waals surface area contributed by atoms with Gasteiger partial charge in [0, 0.05) is 22.3 Å². The van der Waals surface area contributed by atoms with Crippen LogP contribution in [0.5, 0.6) is 0 Å². The number of anilines is 1. The van der Waals surface area contributed by atoms with E-state index >= 15 is 0 Å². The monoisotopic (exact) mass is 519 g/mol. The molecule has 3 heterocycles. The molecule has 0 unspecified atom stereocenters. The van der Waals surface area contributed by atoms with Crippen LogP contribution in [-0.4, -0.2) is 31.5 Å². The predicted octanol–water partition coefficient (Wildman–Crippen LogP) is 7.14. The second kappa shape index (κ2) is 9.91. The van der Waals surface area contributed by atoms with Crippen LogP contribution in [0.1, 0.15) is 34.1 Å². The molecular weight excluding hydrogens is 490 g/mol. The third kappa shape index (κ3) is 4.19. The Morgan fingerprint density at radius 1 is 0.921 bits per heavy atom. The molecule has 1 aliphatic heterocycles. The van der Waals surface area contributed by atoms with Crippen LogP contribution in [0.15, 0.2) is 102 Å². The number of hydrogen-bond donors (Lipinski definition) is 1. The summed E-state index contributed by atoms with van der Waals surface area (Å²) in [4.78, 5) is 17.2. The zero-order valence-corrected chi connectivity index (χ0v) is 22.4. The lowest BCUT2D eigenvalue weighted by Crippen LogP contribution is -2.38.